The zero-order valence-electron chi connectivity index (χ0n) is 9.13. The van der Waals surface area contributed by atoms with E-state index in [1.807, 2.05) is 12.1 Å². The molecule has 2 nitrogen and oxygen atoms in total. The average molecular weight is 260 g/mol. The zero-order chi connectivity index (χ0) is 10.5. The molecule has 1 N–H and O–H groups in total. The number of ether oxygens (including phenoxy) is 1. The standard InChI is InChI=1S/C12H14ClNO.ClH/c1-12-7-14-5-10(12)8-3-2-4-11(13)9(8)6-15-12;/h2-4,10,14H,5-7H2,1H3;1H/t10-,12+;/m1./s1. The molecule has 0 radical (unpaired) electrons. The smallest absolute Gasteiger partial charge is 0.0863 e. The van der Waals surface area contributed by atoms with Crippen LogP contribution < -0.4 is 5.32 Å². The molecule has 0 saturated carbocycles. The van der Waals surface area contributed by atoms with Gasteiger partial charge in [-0.15, -0.1) is 12.4 Å². The molecule has 2 aliphatic rings. The van der Waals surface area contributed by atoms with E-state index in [4.69, 9.17) is 16.3 Å². The molecule has 3 rings (SSSR count). The molecule has 1 aromatic rings. The maximum absolute atomic E-state index is 6.18. The van der Waals surface area contributed by atoms with Gasteiger partial charge in [0.25, 0.3) is 0 Å². The van der Waals surface area contributed by atoms with Crippen molar-refractivity contribution < 1.29 is 4.74 Å². The number of rotatable bonds is 0. The monoisotopic (exact) mass is 259 g/mol. The molecule has 4 heteroatoms. The summed E-state index contributed by atoms with van der Waals surface area (Å²) < 4.78 is 5.95. The molecule has 2 heterocycles. The highest BCUT2D eigenvalue weighted by molar-refractivity contribution is 6.31. The maximum Gasteiger partial charge on any atom is 0.0863 e. The van der Waals surface area contributed by atoms with Crippen LogP contribution in [-0.2, 0) is 11.3 Å². The Labute approximate surface area is 107 Å². The van der Waals surface area contributed by atoms with Gasteiger partial charge in [-0.25, -0.2) is 0 Å². The van der Waals surface area contributed by atoms with E-state index in [1.54, 1.807) is 0 Å². The van der Waals surface area contributed by atoms with Gasteiger partial charge >= 0.3 is 0 Å². The van der Waals surface area contributed by atoms with Gasteiger partial charge in [0.05, 0.1) is 12.2 Å². The molecule has 0 unspecified atom stereocenters. The van der Waals surface area contributed by atoms with Gasteiger partial charge in [-0.1, -0.05) is 23.7 Å². The van der Waals surface area contributed by atoms with Gasteiger partial charge < -0.3 is 10.1 Å². The highest BCUT2D eigenvalue weighted by Crippen LogP contribution is 2.42. The van der Waals surface area contributed by atoms with Crippen molar-refractivity contribution in [3.63, 3.8) is 0 Å². The van der Waals surface area contributed by atoms with Crippen molar-refractivity contribution in [1.29, 1.82) is 0 Å². The molecular formula is C12H15Cl2NO. The SMILES string of the molecule is C[C@]12CNC[C@@H]1c1cccc(Cl)c1CO2.Cl. The van der Waals surface area contributed by atoms with Crippen molar-refractivity contribution in [2.45, 2.75) is 25.0 Å². The summed E-state index contributed by atoms with van der Waals surface area (Å²) in [4.78, 5) is 0. The van der Waals surface area contributed by atoms with Crippen molar-refractivity contribution in [1.82, 2.24) is 5.32 Å². The molecule has 16 heavy (non-hydrogen) atoms. The zero-order valence-corrected chi connectivity index (χ0v) is 10.7. The third-order valence-corrected chi connectivity index (χ3v) is 3.99. The summed E-state index contributed by atoms with van der Waals surface area (Å²) in [5, 5.41) is 4.23. The highest BCUT2D eigenvalue weighted by atomic mass is 35.5. The second-order valence-corrected chi connectivity index (χ2v) is 5.00. The Hall–Kier alpha value is -0.280. The largest absolute Gasteiger partial charge is 0.369 e. The van der Waals surface area contributed by atoms with E-state index in [2.05, 4.69) is 18.3 Å². The fourth-order valence-electron chi connectivity index (χ4n) is 2.69. The second-order valence-electron chi connectivity index (χ2n) is 4.59. The summed E-state index contributed by atoms with van der Waals surface area (Å²) in [6.07, 6.45) is 0. The lowest BCUT2D eigenvalue weighted by atomic mass is 9.81. The topological polar surface area (TPSA) is 21.3 Å². The van der Waals surface area contributed by atoms with E-state index in [9.17, 15) is 0 Å². The van der Waals surface area contributed by atoms with Crippen LogP contribution in [0.15, 0.2) is 18.2 Å². The summed E-state index contributed by atoms with van der Waals surface area (Å²) in [6, 6.07) is 6.15. The molecule has 1 saturated heterocycles. The Morgan fingerprint density at radius 1 is 1.50 bits per heavy atom. The van der Waals surface area contributed by atoms with E-state index in [0.717, 1.165) is 18.1 Å². The fraction of sp³-hybridized carbons (Fsp3) is 0.500. The molecule has 1 fully saturated rings. The summed E-state index contributed by atoms with van der Waals surface area (Å²) in [6.45, 7) is 4.75. The molecule has 88 valence electrons. The van der Waals surface area contributed by atoms with Gasteiger partial charge in [0.1, 0.15) is 0 Å². The molecule has 0 bridgehead atoms. The van der Waals surface area contributed by atoms with Gasteiger partial charge in [-0.05, 0) is 24.1 Å². The Balaban J connectivity index is 0.000000963. The van der Waals surface area contributed by atoms with Crippen LogP contribution in [0.2, 0.25) is 5.02 Å². The number of hydrogen-bond acceptors (Lipinski definition) is 2. The van der Waals surface area contributed by atoms with Gasteiger partial charge in [-0.2, -0.15) is 0 Å². The van der Waals surface area contributed by atoms with Gasteiger partial charge in [0.15, 0.2) is 0 Å². The second kappa shape index (κ2) is 4.19. The predicted molar refractivity (Wildman–Crippen MR) is 67.5 cm³/mol. The predicted octanol–water partition coefficient (Wildman–Crippen LogP) is 2.74. The first kappa shape index (κ1) is 12.2. The van der Waals surface area contributed by atoms with Crippen LogP contribution in [0, 0.1) is 0 Å². The van der Waals surface area contributed by atoms with Gasteiger partial charge in [-0.3, -0.25) is 0 Å². The average Bonchev–Trinajstić information content (AvgIpc) is 2.60. The molecule has 0 aromatic heterocycles. The normalized spacial score (nSPS) is 31.5. The number of hydrogen-bond donors (Lipinski definition) is 1. The summed E-state index contributed by atoms with van der Waals surface area (Å²) in [7, 11) is 0. The quantitative estimate of drug-likeness (QED) is 0.774. The number of nitrogens with one attached hydrogen (secondary N) is 1. The third kappa shape index (κ3) is 1.65. The van der Waals surface area contributed by atoms with E-state index in [-0.39, 0.29) is 18.0 Å². The van der Waals surface area contributed by atoms with Crippen molar-refractivity contribution >= 4 is 24.0 Å². The van der Waals surface area contributed by atoms with Crippen LogP contribution in [0.25, 0.3) is 0 Å². The lowest BCUT2D eigenvalue weighted by Gasteiger charge is -2.37. The third-order valence-electron chi connectivity index (χ3n) is 3.64. The summed E-state index contributed by atoms with van der Waals surface area (Å²) >= 11 is 6.18. The van der Waals surface area contributed by atoms with Crippen LogP contribution in [0.3, 0.4) is 0 Å². The fourth-order valence-corrected chi connectivity index (χ4v) is 2.92. The van der Waals surface area contributed by atoms with E-state index in [1.165, 1.54) is 11.1 Å². The molecule has 2 atom stereocenters. The van der Waals surface area contributed by atoms with E-state index in [0.29, 0.717) is 12.5 Å². The van der Waals surface area contributed by atoms with Crippen LogP contribution in [0.4, 0.5) is 0 Å². The Bertz CT molecular complexity index is 410. The minimum Gasteiger partial charge on any atom is -0.369 e. The van der Waals surface area contributed by atoms with Crippen molar-refractivity contribution in [3.8, 4) is 0 Å². The maximum atomic E-state index is 6.18. The van der Waals surface area contributed by atoms with Gasteiger partial charge in [0, 0.05) is 24.0 Å². The van der Waals surface area contributed by atoms with Crippen molar-refractivity contribution in [3.05, 3.63) is 34.3 Å². The first-order valence-electron chi connectivity index (χ1n) is 5.33. The molecular weight excluding hydrogens is 245 g/mol. The van der Waals surface area contributed by atoms with Crippen molar-refractivity contribution in [2.75, 3.05) is 13.1 Å². The Morgan fingerprint density at radius 3 is 3.12 bits per heavy atom. The minimum atomic E-state index is -0.0440. The highest BCUT2D eigenvalue weighted by Gasteiger charge is 2.44. The van der Waals surface area contributed by atoms with Crippen LogP contribution in [0.5, 0.6) is 0 Å². The Morgan fingerprint density at radius 2 is 2.31 bits per heavy atom. The van der Waals surface area contributed by atoms with Crippen LogP contribution in [0.1, 0.15) is 24.0 Å². The summed E-state index contributed by atoms with van der Waals surface area (Å²) in [5.41, 5.74) is 2.49. The van der Waals surface area contributed by atoms with Crippen molar-refractivity contribution in [2.24, 2.45) is 0 Å². The van der Waals surface area contributed by atoms with Crippen LogP contribution in [-0.4, -0.2) is 18.7 Å². The lowest BCUT2D eigenvalue weighted by molar-refractivity contribution is -0.0517. The molecule has 0 aliphatic carbocycles. The number of fused-ring (bicyclic) bond motifs is 3. The lowest BCUT2D eigenvalue weighted by Crippen LogP contribution is -2.39. The molecule has 0 amide bonds. The minimum absolute atomic E-state index is 0. The number of benzene rings is 1. The summed E-state index contributed by atoms with van der Waals surface area (Å²) in [5.74, 6) is 0.444. The molecule has 0 spiro atoms. The molecule has 1 aromatic carbocycles. The first-order chi connectivity index (χ1) is 7.21. The number of halogens is 2. The molecule has 2 aliphatic heterocycles. The van der Waals surface area contributed by atoms with E-state index < -0.39 is 0 Å². The van der Waals surface area contributed by atoms with Gasteiger partial charge in [0.2, 0.25) is 0 Å². The Kier molecular flexibility index (Phi) is 3.19. The van der Waals surface area contributed by atoms with Crippen LogP contribution >= 0.6 is 24.0 Å². The van der Waals surface area contributed by atoms with E-state index >= 15 is 0 Å². The first-order valence-corrected chi connectivity index (χ1v) is 5.70.